The monoisotopic (exact) mass is 1770 g/mol. The summed E-state index contributed by atoms with van der Waals surface area (Å²) in [5.41, 5.74) is 10.8. The standard InChI is InChI=1S/2C10H19N.C9H17N.C9H16.3C8H15N.C8H13N.C8H12.3C7H13N.2C6H11N.4CH4/c1-2-6-10(5-1)7-3-4-8-11-9-10;1-2-6-10(7-3-1)8-4-5-9-11-10;1-2-4-9(5-3-1)6-7-10-8-9;1-2-5-9(6-3-1)7-4-8-9;1-3-8(4-1)5-2-6-9-7-8;1-2-8(3-1)4-6-9-7-5-8;2*1-2-4-8(3-1)5-6-9-7-8;1-2-5-8(4-1)6-3-7-8;1-3-7(4-1)5-2-6-8-7;1-2-7(3-1)4-5-8-6-7;1-2-4-7(3-1)5-8-6-7;2*1-2-6(3-1)4-7-5-6;;;;/h2*11H,1-9H2;10H,1-8H2;1-8H2;3*9H,1-7H2;1-2,9H,3-7H2;1,4H,2-3,5-7H2;3*8H,1-6H2;2*7H,1-5H2;4*1H4. The number of hydrogen-bond acceptors (Lipinski definition) is 12. The van der Waals surface area contributed by atoms with Gasteiger partial charge in [-0.1, -0.05) is 208 Å². The van der Waals surface area contributed by atoms with Crippen LogP contribution in [0.5, 0.6) is 0 Å². The van der Waals surface area contributed by atoms with Crippen LogP contribution < -0.4 is 63.8 Å². The third-order valence-corrected chi connectivity index (χ3v) is 40.6. The summed E-state index contributed by atoms with van der Waals surface area (Å²) in [6.07, 6.45) is 114. The van der Waals surface area contributed by atoms with Gasteiger partial charge in [0.05, 0.1) is 0 Å². The fourth-order valence-electron chi connectivity index (χ4n) is 29.5. The van der Waals surface area contributed by atoms with Gasteiger partial charge in [0.1, 0.15) is 0 Å². The molecule has 0 aromatic rings. The van der Waals surface area contributed by atoms with Gasteiger partial charge < -0.3 is 63.8 Å². The smallest absolute Gasteiger partial charge is 0.0182 e. The molecule has 0 radical (unpaired) electrons. The third-order valence-electron chi connectivity index (χ3n) is 40.6. The highest BCUT2D eigenvalue weighted by atomic mass is 15.0. The van der Waals surface area contributed by atoms with Crippen LogP contribution >= 0.6 is 0 Å². The first-order valence-corrected chi connectivity index (χ1v) is 56.2. The van der Waals surface area contributed by atoms with E-state index in [2.05, 4.69) is 88.1 Å². The van der Waals surface area contributed by atoms with Crippen molar-refractivity contribution in [2.75, 3.05) is 144 Å². The van der Waals surface area contributed by atoms with Crippen molar-refractivity contribution in [1.82, 2.24) is 63.8 Å². The van der Waals surface area contributed by atoms with Crippen LogP contribution in [-0.4, -0.2) is 155 Å². The molecule has 12 nitrogen and oxygen atoms in total. The number of piperidine rings is 3. The molecule has 16 aliphatic carbocycles. The molecule has 738 valence electrons. The van der Waals surface area contributed by atoms with Gasteiger partial charge in [-0.25, -0.2) is 0 Å². The van der Waals surface area contributed by atoms with E-state index in [0.29, 0.717) is 16.5 Å². The Hall–Kier alpha value is -1.00. The Morgan fingerprint density at radius 3 is 0.606 bits per heavy atom. The van der Waals surface area contributed by atoms with Crippen molar-refractivity contribution in [3.05, 3.63) is 24.3 Å². The average molecular weight is 1770 g/mol. The van der Waals surface area contributed by atoms with Crippen molar-refractivity contribution in [2.24, 2.45) is 65.0 Å². The van der Waals surface area contributed by atoms with Gasteiger partial charge in [-0.2, -0.15) is 0 Å². The molecular weight excluding hydrogens is 1550 g/mol. The van der Waals surface area contributed by atoms with Crippen molar-refractivity contribution >= 4 is 0 Å². The second-order valence-electron chi connectivity index (χ2n) is 49.5. The van der Waals surface area contributed by atoms with E-state index in [1.54, 1.807) is 25.7 Å². The Kier molecular flexibility index (Phi) is 43.7. The van der Waals surface area contributed by atoms with Crippen LogP contribution in [0.2, 0.25) is 0 Å². The number of hydrogen-bond donors (Lipinski definition) is 12. The van der Waals surface area contributed by atoms with Gasteiger partial charge in [-0.15, -0.1) is 0 Å². The Labute approximate surface area is 788 Å². The summed E-state index contributed by atoms with van der Waals surface area (Å²) < 4.78 is 0. The van der Waals surface area contributed by atoms with Gasteiger partial charge in [-0.05, 0) is 432 Å². The molecule has 12 heteroatoms. The summed E-state index contributed by atoms with van der Waals surface area (Å²) in [5, 5.41) is 41.5. The van der Waals surface area contributed by atoms with Crippen LogP contribution in [0.1, 0.15) is 486 Å². The predicted octanol–water partition coefficient (Wildman–Crippen LogP) is 25.9. The number of nitrogens with one attached hydrogen (secondary N) is 12. The molecule has 12 aliphatic heterocycles. The van der Waals surface area contributed by atoms with Crippen LogP contribution in [-0.2, 0) is 0 Å². The molecule has 0 atom stereocenters. The third kappa shape index (κ3) is 30.7. The van der Waals surface area contributed by atoms with E-state index in [9.17, 15) is 0 Å². The molecule has 28 aliphatic rings. The highest BCUT2D eigenvalue weighted by Crippen LogP contribution is 2.54. The summed E-state index contributed by atoms with van der Waals surface area (Å²) in [5.74, 6) is 0. The first kappa shape index (κ1) is 106. The summed E-state index contributed by atoms with van der Waals surface area (Å²) in [7, 11) is 0. The fraction of sp³-hybridized carbons (Fsp3) is 0.965. The zero-order valence-electron chi connectivity index (χ0n) is 81.1. The average Bonchev–Trinajstić information content (AvgIpc) is 1.41. The van der Waals surface area contributed by atoms with Crippen molar-refractivity contribution in [3.63, 3.8) is 0 Å². The second kappa shape index (κ2) is 52.1. The van der Waals surface area contributed by atoms with Gasteiger partial charge in [0.15, 0.2) is 0 Å². The van der Waals surface area contributed by atoms with E-state index in [0.717, 1.165) is 59.6 Å². The van der Waals surface area contributed by atoms with E-state index in [4.69, 9.17) is 0 Å². The van der Waals surface area contributed by atoms with Gasteiger partial charge in [0.25, 0.3) is 0 Å². The van der Waals surface area contributed by atoms with E-state index < -0.39 is 0 Å². The Morgan fingerprint density at radius 1 is 0.142 bits per heavy atom. The van der Waals surface area contributed by atoms with E-state index >= 15 is 0 Å². The van der Waals surface area contributed by atoms with Crippen LogP contribution in [0.4, 0.5) is 0 Å². The minimum Gasteiger partial charge on any atom is -0.317 e. The lowest BCUT2D eigenvalue weighted by Crippen LogP contribution is -2.57. The van der Waals surface area contributed by atoms with Crippen molar-refractivity contribution < 1.29 is 0 Å². The maximum absolute atomic E-state index is 3.73. The lowest BCUT2D eigenvalue weighted by Gasteiger charge is -2.49. The summed E-state index contributed by atoms with van der Waals surface area (Å²) in [6, 6.07) is 0. The maximum atomic E-state index is 3.73. The van der Waals surface area contributed by atoms with Gasteiger partial charge in [0, 0.05) is 89.6 Å². The molecule has 127 heavy (non-hydrogen) atoms. The largest absolute Gasteiger partial charge is 0.317 e. The Balaban J connectivity index is 0.000000132. The summed E-state index contributed by atoms with van der Waals surface area (Å²) in [6.45, 7) is 28.4. The minimum absolute atomic E-state index is 0. The van der Waals surface area contributed by atoms with Crippen molar-refractivity contribution in [3.8, 4) is 0 Å². The molecule has 28 rings (SSSR count). The van der Waals surface area contributed by atoms with Crippen LogP contribution in [0.3, 0.4) is 0 Å². The lowest BCUT2D eigenvalue weighted by molar-refractivity contribution is 0.0603. The molecule has 26 fully saturated rings. The van der Waals surface area contributed by atoms with Crippen LogP contribution in [0.15, 0.2) is 24.3 Å². The van der Waals surface area contributed by atoms with Gasteiger partial charge in [0.2, 0.25) is 0 Å². The zero-order valence-corrected chi connectivity index (χ0v) is 81.1. The lowest BCUT2D eigenvalue weighted by atomic mass is 9.61. The second-order valence-corrected chi connectivity index (χ2v) is 49.5. The molecular formula is C115H218N12. The summed E-state index contributed by atoms with van der Waals surface area (Å²) in [4.78, 5) is 0. The summed E-state index contributed by atoms with van der Waals surface area (Å²) >= 11 is 0. The van der Waals surface area contributed by atoms with Crippen LogP contribution in [0, 0.1) is 65.0 Å². The van der Waals surface area contributed by atoms with E-state index in [1.165, 1.54) is 574 Å². The van der Waals surface area contributed by atoms with Crippen molar-refractivity contribution in [1.29, 1.82) is 0 Å². The molecule has 0 bridgehead atoms. The predicted molar refractivity (Wildman–Crippen MR) is 552 cm³/mol. The highest BCUT2D eigenvalue weighted by molar-refractivity contribution is 5.11. The van der Waals surface area contributed by atoms with Gasteiger partial charge in [-0.3, -0.25) is 0 Å². The molecule has 0 aromatic heterocycles. The number of rotatable bonds is 0. The van der Waals surface area contributed by atoms with Crippen molar-refractivity contribution in [2.45, 2.75) is 497 Å². The molecule has 14 spiro atoms. The Morgan fingerprint density at radius 2 is 0.370 bits per heavy atom. The highest BCUT2D eigenvalue weighted by Gasteiger charge is 2.47. The molecule has 0 amide bonds. The zero-order chi connectivity index (χ0) is 84.1. The first-order valence-electron chi connectivity index (χ1n) is 56.2. The van der Waals surface area contributed by atoms with Gasteiger partial charge >= 0.3 is 0 Å². The van der Waals surface area contributed by atoms with E-state index in [1.807, 2.05) is 0 Å². The molecule has 12 N–H and O–H groups in total. The minimum atomic E-state index is 0. The van der Waals surface area contributed by atoms with Crippen LogP contribution in [0.25, 0.3) is 0 Å². The normalized spacial score (nSPS) is 30.9. The quantitative estimate of drug-likeness (QED) is 0.105. The molecule has 0 aromatic carbocycles. The molecule has 14 saturated carbocycles. The first-order chi connectivity index (χ1) is 60.3. The molecule has 0 unspecified atom stereocenters. The number of allylic oxidation sites excluding steroid dienone is 4. The van der Waals surface area contributed by atoms with E-state index in [-0.39, 0.29) is 29.7 Å². The maximum Gasteiger partial charge on any atom is 0.0182 e. The fourth-order valence-corrected chi connectivity index (χ4v) is 29.5. The topological polar surface area (TPSA) is 144 Å². The Bertz CT molecular complexity index is 2660. The molecule has 12 heterocycles. The SMILES string of the molecule is C.C.C.C.C1=CC2(CC1)CCC2.C1=CCC2(C1)CCNC2.C1CC2(C1)CCNC2.C1CC2(C1)CCNCC2.C1CC2(C1)CNC2.C1CC2(C1)CNC2.C1CCC2(C1)CCNC2.C1CCC2(C1)CNC2.C1CCC2(CC1)CCC2.C1CCC2(CC1)CCCCN2.C1CCC2(CC1)CCNC2.C1CCC2(CCCC2)CNC1.C1CNC2(C1)CCC2.C1CNCC2(C1)CCC2. The molecule has 12 saturated heterocycles.